The molecule has 1 aromatic rings. The molecule has 1 aliphatic carbocycles. The Balaban J connectivity index is 1.95. The average Bonchev–Trinajstić information content (AvgIpc) is 2.70. The highest BCUT2D eigenvalue weighted by molar-refractivity contribution is 5.98. The number of fused-ring (bicyclic) bond motifs is 1. The van der Waals surface area contributed by atoms with Crippen LogP contribution in [-0.4, -0.2) is 22.3 Å². The Labute approximate surface area is 107 Å². The lowest BCUT2D eigenvalue weighted by atomic mass is 9.95. The molecule has 1 amide bonds. The zero-order chi connectivity index (χ0) is 13.1. The van der Waals surface area contributed by atoms with Crippen LogP contribution in [-0.2, 0) is 17.8 Å². The summed E-state index contributed by atoms with van der Waals surface area (Å²) in [5.41, 5.74) is 1.99. The van der Waals surface area contributed by atoms with Crippen LogP contribution in [0, 0.1) is 0 Å². The van der Waals surface area contributed by atoms with Crippen LogP contribution in [0.3, 0.4) is 0 Å². The quantitative estimate of drug-likeness (QED) is 0.885. The second-order valence-corrected chi connectivity index (χ2v) is 5.18. The Morgan fingerprint density at radius 2 is 2.17 bits per heavy atom. The van der Waals surface area contributed by atoms with Gasteiger partial charge >= 0.3 is 0 Å². The van der Waals surface area contributed by atoms with Gasteiger partial charge in [-0.15, -0.1) is 0 Å². The number of nitrogens with zero attached hydrogens (tertiary/aromatic N) is 1. The number of carbonyl (C=O) groups is 2. The third kappa shape index (κ3) is 3.00. The first-order valence-corrected chi connectivity index (χ1v) is 6.57. The average molecular weight is 248 g/mol. The minimum Gasteiger partial charge on any atom is -0.354 e. The van der Waals surface area contributed by atoms with Crippen molar-refractivity contribution < 1.29 is 9.59 Å². The van der Waals surface area contributed by atoms with Gasteiger partial charge < -0.3 is 9.88 Å². The van der Waals surface area contributed by atoms with Crippen LogP contribution in [0.25, 0.3) is 0 Å². The fourth-order valence-electron chi connectivity index (χ4n) is 2.33. The first-order chi connectivity index (χ1) is 8.56. The van der Waals surface area contributed by atoms with Crippen LogP contribution in [0.1, 0.15) is 49.0 Å². The van der Waals surface area contributed by atoms with E-state index in [0.29, 0.717) is 19.4 Å². The molecule has 18 heavy (non-hydrogen) atoms. The van der Waals surface area contributed by atoms with Crippen molar-refractivity contribution in [3.8, 4) is 0 Å². The van der Waals surface area contributed by atoms with E-state index in [1.165, 1.54) is 0 Å². The molecule has 0 unspecified atom stereocenters. The van der Waals surface area contributed by atoms with E-state index in [1.807, 2.05) is 30.8 Å². The van der Waals surface area contributed by atoms with Gasteiger partial charge in [0.1, 0.15) is 0 Å². The number of ketones is 1. The van der Waals surface area contributed by atoms with Crippen molar-refractivity contribution >= 4 is 11.7 Å². The van der Waals surface area contributed by atoms with E-state index in [9.17, 15) is 9.59 Å². The molecule has 0 atom stereocenters. The maximum Gasteiger partial charge on any atom is 0.221 e. The van der Waals surface area contributed by atoms with E-state index in [1.54, 1.807) is 0 Å². The minimum absolute atomic E-state index is 0.0583. The van der Waals surface area contributed by atoms with E-state index in [2.05, 4.69) is 5.32 Å². The van der Waals surface area contributed by atoms with Gasteiger partial charge in [0.2, 0.25) is 5.91 Å². The van der Waals surface area contributed by atoms with Gasteiger partial charge in [0.25, 0.3) is 0 Å². The second kappa shape index (κ2) is 5.38. The maximum absolute atomic E-state index is 11.7. The maximum atomic E-state index is 11.7. The number of hydrogen-bond donors (Lipinski definition) is 1. The van der Waals surface area contributed by atoms with Crippen molar-refractivity contribution in [1.82, 2.24) is 9.88 Å². The first-order valence-electron chi connectivity index (χ1n) is 6.57. The van der Waals surface area contributed by atoms with E-state index in [-0.39, 0.29) is 17.7 Å². The highest BCUT2D eigenvalue weighted by Gasteiger charge is 2.19. The van der Waals surface area contributed by atoms with Crippen LogP contribution in [0.5, 0.6) is 0 Å². The van der Waals surface area contributed by atoms with Crippen LogP contribution in [0.2, 0.25) is 0 Å². The lowest BCUT2D eigenvalue weighted by molar-refractivity contribution is -0.121. The van der Waals surface area contributed by atoms with Gasteiger partial charge in [-0.3, -0.25) is 9.59 Å². The van der Waals surface area contributed by atoms with Crippen LogP contribution >= 0.6 is 0 Å². The highest BCUT2D eigenvalue weighted by atomic mass is 16.1. The lowest BCUT2D eigenvalue weighted by Gasteiger charge is -2.08. The molecule has 0 aromatic carbocycles. The number of carbonyl (C=O) groups excluding carboxylic acids is 2. The minimum atomic E-state index is 0.0583. The summed E-state index contributed by atoms with van der Waals surface area (Å²) < 4.78 is 1.97. The first kappa shape index (κ1) is 12.9. The summed E-state index contributed by atoms with van der Waals surface area (Å²) in [5.74, 6) is 0.296. The Bertz CT molecular complexity index is 460. The monoisotopic (exact) mass is 248 g/mol. The molecule has 2 rings (SSSR count). The molecule has 1 aliphatic rings. The third-order valence-electron chi connectivity index (χ3n) is 3.16. The number of Topliss-reactive ketones (excluding diaryl/α,β-unsaturated/α-hetero) is 1. The molecule has 0 spiro atoms. The summed E-state index contributed by atoms with van der Waals surface area (Å²) in [6.45, 7) is 4.54. The van der Waals surface area contributed by atoms with Crippen LogP contribution < -0.4 is 5.32 Å². The Hall–Kier alpha value is -1.58. The molecule has 4 heteroatoms. The fraction of sp³-hybridized carbons (Fsp3) is 0.571. The fourth-order valence-corrected chi connectivity index (χ4v) is 2.33. The van der Waals surface area contributed by atoms with Crippen molar-refractivity contribution in [2.75, 3.05) is 0 Å². The van der Waals surface area contributed by atoms with Crippen molar-refractivity contribution in [3.05, 3.63) is 23.5 Å². The van der Waals surface area contributed by atoms with E-state index in [0.717, 1.165) is 24.0 Å². The Morgan fingerprint density at radius 1 is 1.39 bits per heavy atom. The molecule has 0 saturated carbocycles. The molecule has 1 N–H and O–H groups in total. The van der Waals surface area contributed by atoms with Gasteiger partial charge in [0, 0.05) is 43.4 Å². The number of aromatic nitrogens is 1. The smallest absolute Gasteiger partial charge is 0.221 e. The van der Waals surface area contributed by atoms with Crippen molar-refractivity contribution in [2.45, 2.75) is 52.1 Å². The number of hydrogen-bond acceptors (Lipinski definition) is 2. The molecule has 0 fully saturated rings. The van der Waals surface area contributed by atoms with Crippen LogP contribution in [0.15, 0.2) is 12.4 Å². The standard InChI is InChI=1S/C14H20N2O2/c1-10(2)15-14(18)6-7-16-8-11-4-3-5-13(17)12(11)9-16/h8-10H,3-7H2,1-2H3,(H,15,18). The molecule has 98 valence electrons. The summed E-state index contributed by atoms with van der Waals surface area (Å²) in [5, 5.41) is 2.86. The Morgan fingerprint density at radius 3 is 2.83 bits per heavy atom. The highest BCUT2D eigenvalue weighted by Crippen LogP contribution is 2.22. The largest absolute Gasteiger partial charge is 0.354 e. The lowest BCUT2D eigenvalue weighted by Crippen LogP contribution is -2.30. The number of aryl methyl sites for hydroxylation is 2. The molecule has 1 heterocycles. The molecule has 0 aliphatic heterocycles. The Kier molecular flexibility index (Phi) is 3.84. The molecule has 4 nitrogen and oxygen atoms in total. The molecule has 1 aromatic heterocycles. The molecular weight excluding hydrogens is 228 g/mol. The van der Waals surface area contributed by atoms with Gasteiger partial charge in [-0.05, 0) is 32.3 Å². The van der Waals surface area contributed by atoms with Crippen LogP contribution in [0.4, 0.5) is 0 Å². The van der Waals surface area contributed by atoms with Crippen molar-refractivity contribution in [2.24, 2.45) is 0 Å². The van der Waals surface area contributed by atoms with Crippen molar-refractivity contribution in [3.63, 3.8) is 0 Å². The van der Waals surface area contributed by atoms with E-state index >= 15 is 0 Å². The predicted molar refractivity (Wildman–Crippen MR) is 69.6 cm³/mol. The number of nitrogens with one attached hydrogen (secondary N) is 1. The van der Waals surface area contributed by atoms with Crippen molar-refractivity contribution in [1.29, 1.82) is 0 Å². The third-order valence-corrected chi connectivity index (χ3v) is 3.16. The van der Waals surface area contributed by atoms with Gasteiger partial charge in [-0.2, -0.15) is 0 Å². The zero-order valence-electron chi connectivity index (χ0n) is 11.0. The van der Waals surface area contributed by atoms with Gasteiger partial charge in [-0.1, -0.05) is 0 Å². The van der Waals surface area contributed by atoms with Gasteiger partial charge in [0.15, 0.2) is 5.78 Å². The SMILES string of the molecule is CC(C)NC(=O)CCn1cc2c(c1)C(=O)CCC2. The number of amides is 1. The summed E-state index contributed by atoms with van der Waals surface area (Å²) in [6.07, 6.45) is 6.94. The molecule has 0 bridgehead atoms. The number of rotatable bonds is 4. The summed E-state index contributed by atoms with van der Waals surface area (Å²) >= 11 is 0. The summed E-state index contributed by atoms with van der Waals surface area (Å²) in [6, 6.07) is 0.178. The van der Waals surface area contributed by atoms with Gasteiger partial charge in [0.05, 0.1) is 0 Å². The normalized spacial score (nSPS) is 14.7. The van der Waals surface area contributed by atoms with Gasteiger partial charge in [-0.25, -0.2) is 0 Å². The summed E-state index contributed by atoms with van der Waals surface area (Å²) in [7, 11) is 0. The molecule has 0 radical (unpaired) electrons. The second-order valence-electron chi connectivity index (χ2n) is 5.18. The predicted octanol–water partition coefficient (Wildman–Crippen LogP) is 1.92. The zero-order valence-corrected chi connectivity index (χ0v) is 11.0. The van der Waals surface area contributed by atoms with E-state index in [4.69, 9.17) is 0 Å². The molecular formula is C14H20N2O2. The van der Waals surface area contributed by atoms with E-state index < -0.39 is 0 Å². The topological polar surface area (TPSA) is 51.1 Å². The summed E-state index contributed by atoms with van der Waals surface area (Å²) in [4.78, 5) is 23.2. The molecule has 0 saturated heterocycles.